The van der Waals surface area contributed by atoms with Crippen molar-refractivity contribution < 1.29 is 4.79 Å². The summed E-state index contributed by atoms with van der Waals surface area (Å²) >= 11 is 1.58. The third-order valence-corrected chi connectivity index (χ3v) is 2.99. The van der Waals surface area contributed by atoms with Crippen LogP contribution >= 0.6 is 11.8 Å². The highest BCUT2D eigenvalue weighted by molar-refractivity contribution is 7.99. The Hall–Kier alpha value is -0.960. The molecular formula is C11H13NOS. The van der Waals surface area contributed by atoms with E-state index in [9.17, 15) is 4.79 Å². The van der Waals surface area contributed by atoms with Gasteiger partial charge in [-0.25, -0.2) is 0 Å². The van der Waals surface area contributed by atoms with Crippen LogP contribution in [0.5, 0.6) is 0 Å². The molecule has 0 fully saturated rings. The van der Waals surface area contributed by atoms with E-state index in [-0.39, 0.29) is 5.91 Å². The number of para-hydroxylation sites is 1. The molecule has 2 rings (SSSR count). The maximum atomic E-state index is 11.7. The maximum Gasteiger partial charge on any atom is 0.236 e. The second kappa shape index (κ2) is 4.05. The number of nitrogens with zero attached hydrogens (tertiary/aromatic N) is 1. The Bertz CT molecular complexity index is 351. The average Bonchev–Trinajstić information content (AvgIpc) is 2.61. The summed E-state index contributed by atoms with van der Waals surface area (Å²) in [5.41, 5.74) is 2.40. The highest BCUT2D eigenvalue weighted by Gasteiger charge is 2.23. The van der Waals surface area contributed by atoms with Crippen LogP contribution in [0, 0.1) is 0 Å². The van der Waals surface area contributed by atoms with Crippen LogP contribution in [0.3, 0.4) is 0 Å². The number of benzene rings is 1. The van der Waals surface area contributed by atoms with Crippen LogP contribution in [-0.2, 0) is 11.2 Å². The predicted octanol–water partition coefficient (Wildman–Crippen LogP) is 1.94. The van der Waals surface area contributed by atoms with Crippen LogP contribution in [0.25, 0.3) is 0 Å². The molecule has 14 heavy (non-hydrogen) atoms. The van der Waals surface area contributed by atoms with Crippen LogP contribution < -0.4 is 4.90 Å². The summed E-state index contributed by atoms with van der Waals surface area (Å²) in [5, 5.41) is 0. The summed E-state index contributed by atoms with van der Waals surface area (Å²) in [6, 6.07) is 8.15. The van der Waals surface area contributed by atoms with Gasteiger partial charge in [-0.1, -0.05) is 18.2 Å². The third-order valence-electron chi connectivity index (χ3n) is 2.46. The first-order chi connectivity index (χ1) is 6.83. The average molecular weight is 207 g/mol. The quantitative estimate of drug-likeness (QED) is 0.738. The van der Waals surface area contributed by atoms with Gasteiger partial charge >= 0.3 is 0 Å². The van der Waals surface area contributed by atoms with Gasteiger partial charge in [-0.3, -0.25) is 4.79 Å². The topological polar surface area (TPSA) is 20.3 Å². The van der Waals surface area contributed by atoms with E-state index in [1.165, 1.54) is 5.56 Å². The van der Waals surface area contributed by atoms with Crippen molar-refractivity contribution in [2.24, 2.45) is 0 Å². The molecule has 1 amide bonds. The number of fused-ring (bicyclic) bond motifs is 1. The van der Waals surface area contributed by atoms with Gasteiger partial charge in [-0.2, -0.15) is 11.8 Å². The lowest BCUT2D eigenvalue weighted by atomic mass is 10.2. The molecule has 0 bridgehead atoms. The van der Waals surface area contributed by atoms with Gasteiger partial charge in [-0.15, -0.1) is 0 Å². The highest BCUT2D eigenvalue weighted by Crippen LogP contribution is 2.27. The van der Waals surface area contributed by atoms with Crippen molar-refractivity contribution in [3.8, 4) is 0 Å². The molecule has 1 aromatic carbocycles. The fraction of sp³-hybridized carbons (Fsp3) is 0.364. The highest BCUT2D eigenvalue weighted by atomic mass is 32.2. The van der Waals surface area contributed by atoms with Crippen molar-refractivity contribution >= 4 is 23.4 Å². The van der Waals surface area contributed by atoms with E-state index in [1.54, 1.807) is 11.8 Å². The summed E-state index contributed by atoms with van der Waals surface area (Å²) in [4.78, 5) is 13.6. The number of hydrogen-bond donors (Lipinski definition) is 0. The summed E-state index contributed by atoms with van der Waals surface area (Å²) < 4.78 is 0. The molecule has 0 atom stereocenters. The van der Waals surface area contributed by atoms with Gasteiger partial charge in [0.05, 0.1) is 5.75 Å². The smallest absolute Gasteiger partial charge is 0.236 e. The molecule has 0 aliphatic carbocycles. The summed E-state index contributed by atoms with van der Waals surface area (Å²) in [5.74, 6) is 0.802. The number of hydrogen-bond acceptors (Lipinski definition) is 2. The molecule has 1 heterocycles. The van der Waals surface area contributed by atoms with Gasteiger partial charge in [0.15, 0.2) is 0 Å². The number of carbonyl (C=O) groups excluding carboxylic acids is 1. The normalized spacial score (nSPS) is 14.2. The second-order valence-electron chi connectivity index (χ2n) is 3.36. The molecule has 2 nitrogen and oxygen atoms in total. The van der Waals surface area contributed by atoms with E-state index in [4.69, 9.17) is 0 Å². The summed E-state index contributed by atoms with van der Waals surface area (Å²) in [6.45, 7) is 0.846. The Morgan fingerprint density at radius 2 is 2.29 bits per heavy atom. The molecule has 1 aromatic rings. The van der Waals surface area contributed by atoms with Gasteiger partial charge in [0.25, 0.3) is 0 Å². The zero-order chi connectivity index (χ0) is 9.97. The molecule has 74 valence electrons. The lowest BCUT2D eigenvalue weighted by Gasteiger charge is -2.16. The van der Waals surface area contributed by atoms with Crippen LogP contribution in [0.15, 0.2) is 24.3 Å². The van der Waals surface area contributed by atoms with Crippen molar-refractivity contribution in [2.45, 2.75) is 6.42 Å². The Morgan fingerprint density at radius 3 is 3.07 bits per heavy atom. The van der Waals surface area contributed by atoms with Gasteiger partial charge in [-0.05, 0) is 24.3 Å². The fourth-order valence-corrected chi connectivity index (χ4v) is 2.20. The summed E-state index contributed by atoms with van der Waals surface area (Å²) in [6.07, 6.45) is 2.95. The minimum atomic E-state index is 0.224. The first-order valence-electron chi connectivity index (χ1n) is 4.70. The molecule has 1 aliphatic heterocycles. The Morgan fingerprint density at radius 1 is 1.50 bits per heavy atom. The van der Waals surface area contributed by atoms with Crippen LogP contribution in [-0.4, -0.2) is 24.5 Å². The van der Waals surface area contributed by atoms with Gasteiger partial charge in [0, 0.05) is 12.2 Å². The molecule has 3 heteroatoms. The Labute approximate surface area is 88.3 Å². The minimum absolute atomic E-state index is 0.224. The lowest BCUT2D eigenvalue weighted by molar-refractivity contribution is -0.116. The third kappa shape index (κ3) is 1.64. The van der Waals surface area contributed by atoms with E-state index >= 15 is 0 Å². The number of rotatable bonds is 2. The van der Waals surface area contributed by atoms with Gasteiger partial charge < -0.3 is 4.90 Å². The van der Waals surface area contributed by atoms with E-state index in [2.05, 4.69) is 6.07 Å². The van der Waals surface area contributed by atoms with Crippen LogP contribution in [0.1, 0.15) is 5.56 Å². The van der Waals surface area contributed by atoms with Crippen molar-refractivity contribution in [1.29, 1.82) is 0 Å². The van der Waals surface area contributed by atoms with Crippen LogP contribution in [0.4, 0.5) is 5.69 Å². The minimum Gasteiger partial charge on any atom is -0.311 e. The molecule has 0 saturated carbocycles. The molecule has 0 unspecified atom stereocenters. The van der Waals surface area contributed by atoms with E-state index in [0.29, 0.717) is 5.75 Å². The number of carbonyl (C=O) groups is 1. The zero-order valence-corrected chi connectivity index (χ0v) is 9.01. The Kier molecular flexibility index (Phi) is 2.77. The van der Waals surface area contributed by atoms with Gasteiger partial charge in [0.2, 0.25) is 5.91 Å². The monoisotopic (exact) mass is 207 g/mol. The molecule has 1 aliphatic rings. The first kappa shape index (κ1) is 9.59. The zero-order valence-electron chi connectivity index (χ0n) is 8.19. The molecule has 0 spiro atoms. The second-order valence-corrected chi connectivity index (χ2v) is 4.22. The van der Waals surface area contributed by atoms with Gasteiger partial charge in [0.1, 0.15) is 0 Å². The lowest BCUT2D eigenvalue weighted by Crippen LogP contribution is -2.30. The Balaban J connectivity index is 2.21. The van der Waals surface area contributed by atoms with E-state index in [1.807, 2.05) is 29.4 Å². The number of thioether (sulfide) groups is 1. The molecule has 0 N–H and O–H groups in total. The van der Waals surface area contributed by atoms with Crippen molar-refractivity contribution in [3.05, 3.63) is 29.8 Å². The molecular weight excluding hydrogens is 194 g/mol. The maximum absolute atomic E-state index is 11.7. The van der Waals surface area contributed by atoms with E-state index < -0.39 is 0 Å². The number of anilines is 1. The fourth-order valence-electron chi connectivity index (χ4n) is 1.80. The summed E-state index contributed by atoms with van der Waals surface area (Å²) in [7, 11) is 0. The van der Waals surface area contributed by atoms with Crippen molar-refractivity contribution in [2.75, 3.05) is 23.5 Å². The van der Waals surface area contributed by atoms with Crippen molar-refractivity contribution in [1.82, 2.24) is 0 Å². The van der Waals surface area contributed by atoms with Crippen LogP contribution in [0.2, 0.25) is 0 Å². The molecule has 0 aromatic heterocycles. The SMILES string of the molecule is CSCC(=O)N1CCc2ccccc21. The van der Waals surface area contributed by atoms with E-state index in [0.717, 1.165) is 18.7 Å². The molecule has 0 saturated heterocycles. The largest absolute Gasteiger partial charge is 0.311 e. The first-order valence-corrected chi connectivity index (χ1v) is 6.09. The van der Waals surface area contributed by atoms with Crippen molar-refractivity contribution in [3.63, 3.8) is 0 Å². The number of amides is 1. The standard InChI is InChI=1S/C11H13NOS/c1-14-8-11(13)12-7-6-9-4-2-3-5-10(9)12/h2-5H,6-8H2,1H3. The molecule has 0 radical (unpaired) electrons. The predicted molar refractivity (Wildman–Crippen MR) is 60.9 cm³/mol.